The summed E-state index contributed by atoms with van der Waals surface area (Å²) in [6.07, 6.45) is -2.31. The number of benzene rings is 2. The second kappa shape index (κ2) is 12.7. The van der Waals surface area contributed by atoms with Crippen LogP contribution in [0, 0.1) is 0 Å². The maximum Gasteiger partial charge on any atom is 0.417 e. The number of rotatable bonds is 9. The van der Waals surface area contributed by atoms with Crippen LogP contribution in [-0.4, -0.2) is 94.0 Å². The topological polar surface area (TPSA) is 183 Å². The second-order valence-corrected chi connectivity index (χ2v) is 10.8. The smallest absolute Gasteiger partial charge is 0.417 e. The number of hydrogen-bond donors (Lipinski definition) is 4. The zero-order valence-electron chi connectivity index (χ0n) is 24.2. The average molecular weight is 583 g/mol. The summed E-state index contributed by atoms with van der Waals surface area (Å²) in [6, 6.07) is 9.90. The van der Waals surface area contributed by atoms with Gasteiger partial charge in [0.25, 0.3) is 0 Å². The quantitative estimate of drug-likeness (QED) is 0.293. The fourth-order valence-corrected chi connectivity index (χ4v) is 4.03. The Labute approximate surface area is 241 Å². The van der Waals surface area contributed by atoms with E-state index in [4.69, 9.17) is 4.74 Å². The number of amides is 3. The summed E-state index contributed by atoms with van der Waals surface area (Å²) in [7, 11) is 5.22. The Bertz CT molecular complexity index is 1520. The van der Waals surface area contributed by atoms with Gasteiger partial charge in [0.15, 0.2) is 0 Å². The second-order valence-electron chi connectivity index (χ2n) is 10.8. The normalized spacial score (nSPS) is 12.1. The molecule has 4 N–H and O–H groups in total. The van der Waals surface area contributed by atoms with Crippen LogP contribution < -0.4 is 15.5 Å². The number of carbonyl (C=O) groups excluding carboxylic acids is 3. The van der Waals surface area contributed by atoms with E-state index in [1.807, 2.05) is 0 Å². The molecule has 0 spiro atoms. The Morgan fingerprint density at radius 3 is 2.31 bits per heavy atom. The predicted molar refractivity (Wildman–Crippen MR) is 154 cm³/mol. The summed E-state index contributed by atoms with van der Waals surface area (Å²) in [5, 5.41) is 24.0. The predicted octanol–water partition coefficient (Wildman–Crippen LogP) is 2.86. The molecule has 1 aromatic heterocycles. The minimum atomic E-state index is -1.53. The van der Waals surface area contributed by atoms with E-state index in [9.17, 15) is 34.2 Å². The van der Waals surface area contributed by atoms with Crippen LogP contribution in [0.25, 0.3) is 11.0 Å². The van der Waals surface area contributed by atoms with Crippen molar-refractivity contribution < 1.29 is 38.9 Å². The maximum absolute atomic E-state index is 13.4. The van der Waals surface area contributed by atoms with E-state index in [1.54, 1.807) is 71.1 Å². The molecule has 42 heavy (non-hydrogen) atoms. The maximum atomic E-state index is 13.4. The number of imidazole rings is 1. The molecular weight excluding hydrogens is 548 g/mol. The molecule has 1 atom stereocenters. The van der Waals surface area contributed by atoms with Gasteiger partial charge in [-0.15, -0.1) is 0 Å². The Morgan fingerprint density at radius 1 is 1.02 bits per heavy atom. The lowest BCUT2D eigenvalue weighted by atomic mass is 10.0. The molecule has 0 saturated carbocycles. The Morgan fingerprint density at radius 2 is 1.71 bits per heavy atom. The van der Waals surface area contributed by atoms with Crippen LogP contribution in [0.2, 0.25) is 0 Å². The van der Waals surface area contributed by atoms with Crippen LogP contribution in [-0.2, 0) is 20.7 Å². The van der Waals surface area contributed by atoms with Gasteiger partial charge in [0, 0.05) is 24.8 Å². The molecule has 0 radical (unpaired) electrons. The largest absolute Gasteiger partial charge is 0.475 e. The van der Waals surface area contributed by atoms with Gasteiger partial charge < -0.3 is 35.4 Å². The van der Waals surface area contributed by atoms with Crippen LogP contribution in [0.1, 0.15) is 37.0 Å². The molecule has 0 fully saturated rings. The van der Waals surface area contributed by atoms with E-state index >= 15 is 0 Å². The third-order valence-corrected chi connectivity index (χ3v) is 5.88. The van der Waals surface area contributed by atoms with Crippen LogP contribution >= 0.6 is 0 Å². The molecule has 1 unspecified atom stereocenters. The van der Waals surface area contributed by atoms with Crippen LogP contribution in [0.5, 0.6) is 0 Å². The van der Waals surface area contributed by atoms with Crippen molar-refractivity contribution in [2.45, 2.75) is 38.8 Å². The monoisotopic (exact) mass is 582 g/mol. The summed E-state index contributed by atoms with van der Waals surface area (Å²) in [5.41, 5.74) is 0.669. The number of hydrogen-bond acceptors (Lipinski definition) is 8. The number of aromatic nitrogens is 2. The van der Waals surface area contributed by atoms with Crippen molar-refractivity contribution >= 4 is 52.4 Å². The van der Waals surface area contributed by atoms with Gasteiger partial charge in [-0.3, -0.25) is 9.59 Å². The van der Waals surface area contributed by atoms with Gasteiger partial charge in [-0.1, -0.05) is 12.1 Å². The van der Waals surface area contributed by atoms with E-state index in [0.29, 0.717) is 15.8 Å². The Balaban J connectivity index is 1.89. The number of alkyl carbamates (subject to hydrolysis) is 1. The molecular formula is C28H34N6O8. The van der Waals surface area contributed by atoms with E-state index in [1.165, 1.54) is 23.1 Å². The SMILES string of the molecule is CN(C)CC(=O)N(C)c1cccc(CC(NC(=O)OC(C)(C)C)C(=O)Nc2ccc3c(c2)nc(C(=O)O)n3C(=O)O)c1. The van der Waals surface area contributed by atoms with E-state index in [-0.39, 0.29) is 35.6 Å². The van der Waals surface area contributed by atoms with Gasteiger partial charge in [0.2, 0.25) is 17.6 Å². The lowest BCUT2D eigenvalue weighted by Crippen LogP contribution is -2.47. The lowest BCUT2D eigenvalue weighted by molar-refractivity contribution is -0.119. The highest BCUT2D eigenvalue weighted by atomic mass is 16.6. The first-order valence-corrected chi connectivity index (χ1v) is 12.9. The minimum absolute atomic E-state index is 0.0195. The van der Waals surface area contributed by atoms with Gasteiger partial charge in [-0.05, 0) is 70.8 Å². The molecule has 0 aliphatic carbocycles. The number of carboxylic acids is 1. The van der Waals surface area contributed by atoms with Gasteiger partial charge >= 0.3 is 18.2 Å². The van der Waals surface area contributed by atoms with Crippen molar-refractivity contribution in [1.29, 1.82) is 0 Å². The van der Waals surface area contributed by atoms with Gasteiger partial charge in [0.05, 0.1) is 17.6 Å². The highest BCUT2D eigenvalue weighted by Crippen LogP contribution is 2.22. The number of fused-ring (bicyclic) bond motifs is 1. The van der Waals surface area contributed by atoms with Crippen molar-refractivity contribution in [1.82, 2.24) is 19.8 Å². The number of anilines is 2. The average Bonchev–Trinajstić information content (AvgIpc) is 3.26. The molecule has 3 rings (SSSR count). The van der Waals surface area contributed by atoms with Gasteiger partial charge in [-0.2, -0.15) is 0 Å². The number of aromatic carboxylic acids is 1. The van der Waals surface area contributed by atoms with Crippen molar-refractivity contribution in [2.75, 3.05) is 37.9 Å². The van der Waals surface area contributed by atoms with Gasteiger partial charge in [-0.25, -0.2) is 23.9 Å². The number of nitrogens with one attached hydrogen (secondary N) is 2. The first-order valence-electron chi connectivity index (χ1n) is 12.9. The number of ether oxygens (including phenoxy) is 1. The Hall–Kier alpha value is -4.98. The van der Waals surface area contributed by atoms with Crippen LogP contribution in [0.15, 0.2) is 42.5 Å². The lowest BCUT2D eigenvalue weighted by Gasteiger charge is -2.24. The number of carbonyl (C=O) groups is 5. The molecule has 2 aromatic carbocycles. The zero-order chi connectivity index (χ0) is 31.4. The van der Waals surface area contributed by atoms with E-state index in [0.717, 1.165) is 0 Å². The van der Waals surface area contributed by atoms with Crippen LogP contribution in [0.3, 0.4) is 0 Å². The van der Waals surface area contributed by atoms with Crippen molar-refractivity contribution in [3.8, 4) is 0 Å². The molecule has 0 aliphatic heterocycles. The summed E-state index contributed by atoms with van der Waals surface area (Å²) >= 11 is 0. The first kappa shape index (κ1) is 31.5. The molecule has 3 amide bonds. The molecule has 14 heteroatoms. The third kappa shape index (κ3) is 8.04. The van der Waals surface area contributed by atoms with Crippen molar-refractivity contribution in [3.05, 3.63) is 53.9 Å². The number of nitrogens with zero attached hydrogens (tertiary/aromatic N) is 4. The van der Waals surface area contributed by atoms with E-state index < -0.39 is 41.5 Å². The molecule has 224 valence electrons. The van der Waals surface area contributed by atoms with E-state index in [2.05, 4.69) is 15.6 Å². The third-order valence-electron chi connectivity index (χ3n) is 5.88. The van der Waals surface area contributed by atoms with Gasteiger partial charge in [0.1, 0.15) is 11.6 Å². The molecule has 0 saturated heterocycles. The summed E-state index contributed by atoms with van der Waals surface area (Å²) in [5.74, 6) is -2.99. The van der Waals surface area contributed by atoms with Crippen molar-refractivity contribution in [3.63, 3.8) is 0 Å². The molecule has 1 heterocycles. The Kier molecular flexibility index (Phi) is 9.53. The molecule has 14 nitrogen and oxygen atoms in total. The summed E-state index contributed by atoms with van der Waals surface area (Å²) in [4.78, 5) is 68.8. The fourth-order valence-electron chi connectivity index (χ4n) is 4.03. The number of carboxylic acid groups (broad SMARTS) is 2. The first-order chi connectivity index (χ1) is 19.6. The van der Waals surface area contributed by atoms with Crippen molar-refractivity contribution in [2.24, 2.45) is 0 Å². The zero-order valence-corrected chi connectivity index (χ0v) is 24.2. The summed E-state index contributed by atoms with van der Waals surface area (Å²) in [6.45, 7) is 5.25. The van der Waals surface area contributed by atoms with Crippen LogP contribution in [0.4, 0.5) is 21.0 Å². The highest BCUT2D eigenvalue weighted by Gasteiger charge is 2.26. The highest BCUT2D eigenvalue weighted by molar-refractivity contribution is 6.01. The number of likely N-dealkylation sites (N-methyl/N-ethyl adjacent to an activating group) is 2. The summed E-state index contributed by atoms with van der Waals surface area (Å²) < 4.78 is 5.87. The standard InChI is InChI=1S/C28H34N6O8/c1-28(2,3)42-26(39)31-20(13-16-8-7-9-18(12-16)33(6)22(35)15-32(4)5)24(36)29-17-10-11-21-19(14-17)30-23(25(37)38)34(21)27(40)41/h7-12,14,20H,13,15H2,1-6H3,(H,29,36)(H,31,39)(H,37,38)(H,40,41). The molecule has 0 bridgehead atoms. The minimum Gasteiger partial charge on any atom is -0.475 e. The molecule has 0 aliphatic rings. The molecule has 3 aromatic rings. The fraction of sp³-hybridized carbons (Fsp3) is 0.357.